The van der Waals surface area contributed by atoms with Crippen molar-refractivity contribution in [2.45, 2.75) is 58.9 Å². The van der Waals surface area contributed by atoms with Crippen LogP contribution in [0.15, 0.2) is 28.9 Å². The van der Waals surface area contributed by atoms with Crippen molar-refractivity contribution >= 4 is 11.8 Å². The minimum absolute atomic E-state index is 0.0155. The second-order valence-corrected chi connectivity index (χ2v) is 8.35. The molecule has 1 aliphatic carbocycles. The van der Waals surface area contributed by atoms with E-state index < -0.39 is 11.9 Å². The Morgan fingerprint density at radius 3 is 2.79 bits per heavy atom. The third-order valence-electron chi connectivity index (χ3n) is 5.54. The van der Waals surface area contributed by atoms with Gasteiger partial charge in [-0.2, -0.15) is 10.4 Å². The highest BCUT2D eigenvalue weighted by molar-refractivity contribution is 6.00. The molecule has 154 valence electrons. The van der Waals surface area contributed by atoms with Crippen LogP contribution in [-0.2, 0) is 14.3 Å². The predicted molar refractivity (Wildman–Crippen MR) is 104 cm³/mol. The molecule has 2 heterocycles. The molecule has 0 bridgehead atoms. The molecule has 1 aliphatic heterocycles. The summed E-state index contributed by atoms with van der Waals surface area (Å²) in [7, 11) is 1.28. The molecule has 0 aromatic carbocycles. The molecular weight excluding hydrogens is 372 g/mol. The SMILES string of the molecule is CCC(C)n1nc(C(=O)OC)cc1C1C(C#N)=C(N)OC2=C1C(=O)CC(C)(C)C2. The lowest BCUT2D eigenvalue weighted by atomic mass is 9.71. The van der Waals surface area contributed by atoms with Crippen molar-refractivity contribution in [3.05, 3.63) is 40.2 Å². The van der Waals surface area contributed by atoms with E-state index in [1.807, 2.05) is 27.7 Å². The molecule has 8 heteroatoms. The quantitative estimate of drug-likeness (QED) is 0.774. The largest absolute Gasteiger partial charge is 0.464 e. The van der Waals surface area contributed by atoms with Crippen LogP contribution < -0.4 is 5.73 Å². The van der Waals surface area contributed by atoms with Crippen LogP contribution in [0.3, 0.4) is 0 Å². The maximum atomic E-state index is 13.1. The van der Waals surface area contributed by atoms with Gasteiger partial charge < -0.3 is 15.2 Å². The number of carbonyl (C=O) groups is 2. The number of Topliss-reactive ketones (excluding diaryl/α,β-unsaturated/α-hetero) is 1. The Labute approximate surface area is 169 Å². The molecule has 2 atom stereocenters. The lowest BCUT2D eigenvalue weighted by Crippen LogP contribution is -2.34. The molecule has 0 saturated heterocycles. The molecule has 0 radical (unpaired) electrons. The second kappa shape index (κ2) is 7.39. The summed E-state index contributed by atoms with van der Waals surface area (Å²) in [5.41, 5.74) is 7.07. The summed E-state index contributed by atoms with van der Waals surface area (Å²) in [5.74, 6) is -0.922. The number of nitrogens with two attached hydrogens (primary N) is 1. The highest BCUT2D eigenvalue weighted by Gasteiger charge is 2.44. The van der Waals surface area contributed by atoms with E-state index in [1.54, 1.807) is 10.7 Å². The van der Waals surface area contributed by atoms with Crippen LogP contribution in [0.2, 0.25) is 0 Å². The normalized spacial score (nSPS) is 21.9. The molecule has 1 aromatic rings. The van der Waals surface area contributed by atoms with Crippen molar-refractivity contribution in [1.82, 2.24) is 9.78 Å². The van der Waals surface area contributed by atoms with Gasteiger partial charge in [0, 0.05) is 24.5 Å². The minimum Gasteiger partial charge on any atom is -0.464 e. The molecule has 2 aliphatic rings. The van der Waals surface area contributed by atoms with Crippen molar-refractivity contribution in [3.63, 3.8) is 0 Å². The molecule has 29 heavy (non-hydrogen) atoms. The van der Waals surface area contributed by atoms with Crippen molar-refractivity contribution in [3.8, 4) is 6.07 Å². The van der Waals surface area contributed by atoms with Gasteiger partial charge in [0.1, 0.15) is 17.4 Å². The fourth-order valence-corrected chi connectivity index (χ4v) is 3.94. The molecule has 2 N–H and O–H groups in total. The summed E-state index contributed by atoms with van der Waals surface area (Å²) in [6.07, 6.45) is 1.61. The molecule has 0 spiro atoms. The van der Waals surface area contributed by atoms with E-state index in [9.17, 15) is 14.9 Å². The van der Waals surface area contributed by atoms with Gasteiger partial charge in [0.15, 0.2) is 11.5 Å². The molecule has 0 saturated carbocycles. The number of esters is 1. The number of hydrogen-bond donors (Lipinski definition) is 1. The van der Waals surface area contributed by atoms with Crippen molar-refractivity contribution in [2.24, 2.45) is 11.1 Å². The van der Waals surface area contributed by atoms with E-state index in [4.69, 9.17) is 15.2 Å². The number of allylic oxidation sites excluding steroid dienone is 3. The third-order valence-corrected chi connectivity index (χ3v) is 5.54. The first-order valence-electron chi connectivity index (χ1n) is 9.65. The Hall–Kier alpha value is -3.08. The summed E-state index contributed by atoms with van der Waals surface area (Å²) in [6, 6.07) is 3.62. The Balaban J connectivity index is 2.26. The summed E-state index contributed by atoms with van der Waals surface area (Å²) in [4.78, 5) is 25.2. The van der Waals surface area contributed by atoms with Crippen LogP contribution in [-0.4, -0.2) is 28.6 Å². The molecule has 0 fully saturated rings. The van der Waals surface area contributed by atoms with Gasteiger partial charge >= 0.3 is 5.97 Å². The maximum absolute atomic E-state index is 13.1. The minimum atomic E-state index is -0.729. The maximum Gasteiger partial charge on any atom is 0.358 e. The van der Waals surface area contributed by atoms with E-state index >= 15 is 0 Å². The zero-order chi connectivity index (χ0) is 21.5. The lowest BCUT2D eigenvalue weighted by Gasteiger charge is -2.37. The number of carbonyl (C=O) groups excluding carboxylic acids is 2. The van der Waals surface area contributed by atoms with Crippen LogP contribution in [0, 0.1) is 16.7 Å². The Morgan fingerprint density at radius 1 is 1.52 bits per heavy atom. The Kier molecular flexibility index (Phi) is 5.26. The first-order valence-corrected chi connectivity index (χ1v) is 9.65. The lowest BCUT2D eigenvalue weighted by molar-refractivity contribution is -0.119. The van der Waals surface area contributed by atoms with Gasteiger partial charge in [-0.15, -0.1) is 0 Å². The highest BCUT2D eigenvalue weighted by Crippen LogP contribution is 2.48. The van der Waals surface area contributed by atoms with Crippen LogP contribution in [0.5, 0.6) is 0 Å². The van der Waals surface area contributed by atoms with E-state index in [0.717, 1.165) is 6.42 Å². The number of nitriles is 1. The highest BCUT2D eigenvalue weighted by atomic mass is 16.5. The number of aromatic nitrogens is 2. The number of methoxy groups -OCH3 is 1. The average molecular weight is 398 g/mol. The first-order chi connectivity index (χ1) is 13.6. The van der Waals surface area contributed by atoms with Crippen molar-refractivity contribution in [2.75, 3.05) is 7.11 Å². The number of nitrogens with zero attached hydrogens (tertiary/aromatic N) is 3. The number of ether oxygens (including phenoxy) is 2. The van der Waals surface area contributed by atoms with Crippen molar-refractivity contribution in [1.29, 1.82) is 5.26 Å². The molecule has 0 amide bonds. The van der Waals surface area contributed by atoms with Gasteiger partial charge in [-0.05, 0) is 24.8 Å². The zero-order valence-electron chi connectivity index (χ0n) is 17.4. The fourth-order valence-electron chi connectivity index (χ4n) is 3.94. The third kappa shape index (κ3) is 3.53. The smallest absolute Gasteiger partial charge is 0.358 e. The van der Waals surface area contributed by atoms with Gasteiger partial charge in [-0.25, -0.2) is 4.79 Å². The van der Waals surface area contributed by atoms with Crippen LogP contribution >= 0.6 is 0 Å². The fraction of sp³-hybridized carbons (Fsp3) is 0.524. The molecule has 1 aromatic heterocycles. The molecule has 2 unspecified atom stereocenters. The van der Waals surface area contributed by atoms with Crippen LogP contribution in [0.4, 0.5) is 0 Å². The summed E-state index contributed by atoms with van der Waals surface area (Å²) < 4.78 is 12.2. The van der Waals surface area contributed by atoms with Crippen LogP contribution in [0.1, 0.15) is 75.1 Å². The van der Waals surface area contributed by atoms with Gasteiger partial charge in [0.05, 0.1) is 18.7 Å². The number of rotatable bonds is 4. The topological polar surface area (TPSA) is 120 Å². The standard InChI is InChI=1S/C21H26N4O4/c1-6-11(2)25-14(7-13(24-25)20(27)28-5)17-12(10-22)19(23)29-16-9-21(3,4)8-15(26)18(16)17/h7,11,17H,6,8-9,23H2,1-5H3. The number of ketones is 1. The number of hydrogen-bond acceptors (Lipinski definition) is 7. The van der Waals surface area contributed by atoms with Gasteiger partial charge in [0.2, 0.25) is 5.88 Å². The van der Waals surface area contributed by atoms with E-state index in [-0.39, 0.29) is 34.4 Å². The summed E-state index contributed by atoms with van der Waals surface area (Å²) in [6.45, 7) is 7.93. The van der Waals surface area contributed by atoms with Crippen molar-refractivity contribution < 1.29 is 19.1 Å². The van der Waals surface area contributed by atoms with E-state index in [2.05, 4.69) is 11.2 Å². The first kappa shape index (κ1) is 20.6. The monoisotopic (exact) mass is 398 g/mol. The Morgan fingerprint density at radius 2 is 2.21 bits per heavy atom. The average Bonchev–Trinajstić information content (AvgIpc) is 3.09. The van der Waals surface area contributed by atoms with Gasteiger partial charge in [0.25, 0.3) is 0 Å². The molecule has 3 rings (SSSR count). The zero-order valence-corrected chi connectivity index (χ0v) is 17.4. The Bertz CT molecular complexity index is 977. The summed E-state index contributed by atoms with van der Waals surface area (Å²) in [5, 5.41) is 14.2. The molecule has 8 nitrogen and oxygen atoms in total. The van der Waals surface area contributed by atoms with E-state index in [1.165, 1.54) is 7.11 Å². The summed E-state index contributed by atoms with van der Waals surface area (Å²) >= 11 is 0. The van der Waals surface area contributed by atoms with Crippen LogP contribution in [0.25, 0.3) is 0 Å². The van der Waals surface area contributed by atoms with Gasteiger partial charge in [-0.3, -0.25) is 9.48 Å². The van der Waals surface area contributed by atoms with E-state index in [0.29, 0.717) is 29.9 Å². The van der Waals surface area contributed by atoms with Gasteiger partial charge in [-0.1, -0.05) is 20.8 Å². The second-order valence-electron chi connectivity index (χ2n) is 8.35. The predicted octanol–water partition coefficient (Wildman–Crippen LogP) is 3.09. The molecular formula is C21H26N4O4.